The Morgan fingerprint density at radius 3 is 2.82 bits per heavy atom. The van der Waals surface area contributed by atoms with Gasteiger partial charge in [0, 0.05) is 33.7 Å². The molecule has 0 fully saturated rings. The largest absolute Gasteiger partial charge is 0.362 e. The number of hydrogen-bond donors (Lipinski definition) is 2. The predicted octanol–water partition coefficient (Wildman–Crippen LogP) is 3.67. The van der Waals surface area contributed by atoms with E-state index < -0.39 is 0 Å². The molecule has 1 aromatic carbocycles. The third kappa shape index (κ3) is 3.96. The second kappa shape index (κ2) is 7.56. The Morgan fingerprint density at radius 2 is 2.14 bits per heavy atom. The number of benzene rings is 1. The van der Waals surface area contributed by atoms with Crippen molar-refractivity contribution in [2.75, 3.05) is 6.54 Å². The number of hydrazone groups is 1. The van der Waals surface area contributed by atoms with Crippen molar-refractivity contribution in [3.05, 3.63) is 51.8 Å². The van der Waals surface area contributed by atoms with Gasteiger partial charge in [-0.3, -0.25) is 5.43 Å². The molecule has 0 aliphatic rings. The maximum absolute atomic E-state index is 5.08. The quantitative estimate of drug-likeness (QED) is 0.484. The fourth-order valence-corrected chi connectivity index (χ4v) is 2.88. The summed E-state index contributed by atoms with van der Waals surface area (Å²) < 4.78 is 3.26. The smallest absolute Gasteiger partial charge is 0.186 e. The van der Waals surface area contributed by atoms with Crippen LogP contribution in [0.4, 0.5) is 0 Å². The van der Waals surface area contributed by atoms with Crippen LogP contribution in [0, 0.1) is 13.8 Å². The van der Waals surface area contributed by atoms with E-state index in [0.717, 1.165) is 33.7 Å². The van der Waals surface area contributed by atoms with Gasteiger partial charge in [0.25, 0.3) is 0 Å². The minimum atomic E-state index is 0.527. The van der Waals surface area contributed by atoms with E-state index in [9.17, 15) is 0 Å². The molecular formula is C16H19BrN4S. The van der Waals surface area contributed by atoms with Crippen molar-refractivity contribution in [2.24, 2.45) is 5.10 Å². The number of rotatable bonds is 4. The van der Waals surface area contributed by atoms with E-state index in [2.05, 4.69) is 68.4 Å². The zero-order valence-electron chi connectivity index (χ0n) is 12.9. The highest BCUT2D eigenvalue weighted by atomic mass is 79.9. The summed E-state index contributed by atoms with van der Waals surface area (Å²) >= 11 is 8.59. The average molecular weight is 379 g/mol. The molecule has 0 radical (unpaired) electrons. The molecule has 0 saturated heterocycles. The number of aromatic nitrogens is 1. The minimum absolute atomic E-state index is 0.527. The lowest BCUT2D eigenvalue weighted by Gasteiger charge is -2.09. The van der Waals surface area contributed by atoms with Gasteiger partial charge in [-0.2, -0.15) is 5.10 Å². The number of thiocarbonyl (C=S) groups is 1. The molecule has 4 nitrogen and oxygen atoms in total. The number of hydrogen-bond acceptors (Lipinski definition) is 2. The lowest BCUT2D eigenvalue weighted by molar-refractivity contribution is 0.903. The third-order valence-corrected chi connectivity index (χ3v) is 3.97. The average Bonchev–Trinajstić information content (AvgIpc) is 2.74. The summed E-state index contributed by atoms with van der Waals surface area (Å²) in [6, 6.07) is 10.3. The SMILES string of the molecule is CCNC(=S)NN=Cc1cc(C)n(-c2cccc(Br)c2)c1C. The van der Waals surface area contributed by atoms with Gasteiger partial charge in [-0.25, -0.2) is 0 Å². The summed E-state index contributed by atoms with van der Waals surface area (Å²) in [5, 5.41) is 7.70. The summed E-state index contributed by atoms with van der Waals surface area (Å²) in [7, 11) is 0. The van der Waals surface area contributed by atoms with Crippen LogP contribution in [0.15, 0.2) is 39.9 Å². The van der Waals surface area contributed by atoms with Crippen LogP contribution in [0.3, 0.4) is 0 Å². The van der Waals surface area contributed by atoms with Crippen LogP contribution in [0.5, 0.6) is 0 Å². The van der Waals surface area contributed by atoms with E-state index in [-0.39, 0.29) is 0 Å². The molecule has 0 aliphatic heterocycles. The van der Waals surface area contributed by atoms with Crippen LogP contribution in [0.1, 0.15) is 23.9 Å². The highest BCUT2D eigenvalue weighted by Crippen LogP contribution is 2.22. The van der Waals surface area contributed by atoms with E-state index in [0.29, 0.717) is 5.11 Å². The summed E-state index contributed by atoms with van der Waals surface area (Å²) in [5.74, 6) is 0. The topological polar surface area (TPSA) is 41.4 Å². The minimum Gasteiger partial charge on any atom is -0.362 e. The van der Waals surface area contributed by atoms with Gasteiger partial charge in [0.1, 0.15) is 0 Å². The lowest BCUT2D eigenvalue weighted by Crippen LogP contribution is -2.31. The Labute approximate surface area is 144 Å². The molecule has 116 valence electrons. The van der Waals surface area contributed by atoms with Crippen molar-refractivity contribution in [2.45, 2.75) is 20.8 Å². The van der Waals surface area contributed by atoms with Gasteiger partial charge >= 0.3 is 0 Å². The Bertz CT molecular complexity index is 706. The first-order chi connectivity index (χ1) is 10.5. The second-order valence-corrected chi connectivity index (χ2v) is 6.20. The molecule has 0 atom stereocenters. The van der Waals surface area contributed by atoms with Gasteiger partial charge in [-0.15, -0.1) is 0 Å². The zero-order chi connectivity index (χ0) is 16.1. The fourth-order valence-electron chi connectivity index (χ4n) is 2.29. The van der Waals surface area contributed by atoms with Crippen molar-refractivity contribution in [1.29, 1.82) is 0 Å². The molecule has 1 heterocycles. The van der Waals surface area contributed by atoms with Gasteiger partial charge in [-0.1, -0.05) is 22.0 Å². The standard InChI is InChI=1S/C16H19BrN4S/c1-4-18-16(22)20-19-10-13-8-11(2)21(12(13)3)15-7-5-6-14(17)9-15/h5-10H,4H2,1-3H3,(H2,18,20,22). The first kappa shape index (κ1) is 16.7. The molecule has 0 bridgehead atoms. The molecule has 1 aromatic heterocycles. The molecule has 2 N–H and O–H groups in total. The van der Waals surface area contributed by atoms with E-state index in [4.69, 9.17) is 12.2 Å². The van der Waals surface area contributed by atoms with Crippen LogP contribution in [-0.2, 0) is 0 Å². The molecule has 0 saturated carbocycles. The van der Waals surface area contributed by atoms with Crippen molar-refractivity contribution < 1.29 is 0 Å². The maximum atomic E-state index is 5.08. The number of nitrogens with zero attached hydrogens (tertiary/aromatic N) is 2. The predicted molar refractivity (Wildman–Crippen MR) is 99.9 cm³/mol. The summed E-state index contributed by atoms with van der Waals surface area (Å²) in [4.78, 5) is 0. The van der Waals surface area contributed by atoms with E-state index in [1.54, 1.807) is 6.21 Å². The van der Waals surface area contributed by atoms with Crippen LogP contribution in [0.25, 0.3) is 5.69 Å². The maximum Gasteiger partial charge on any atom is 0.186 e. The van der Waals surface area contributed by atoms with Gasteiger partial charge in [-0.05, 0) is 57.3 Å². The zero-order valence-corrected chi connectivity index (χ0v) is 15.3. The van der Waals surface area contributed by atoms with E-state index in [1.807, 2.05) is 19.1 Å². The molecular weight excluding hydrogens is 360 g/mol. The number of nitrogens with one attached hydrogen (secondary N) is 2. The lowest BCUT2D eigenvalue weighted by atomic mass is 10.2. The fraction of sp³-hybridized carbons (Fsp3) is 0.250. The van der Waals surface area contributed by atoms with Crippen molar-refractivity contribution in [3.63, 3.8) is 0 Å². The Morgan fingerprint density at radius 1 is 1.36 bits per heavy atom. The third-order valence-electron chi connectivity index (χ3n) is 3.24. The molecule has 0 unspecified atom stereocenters. The first-order valence-corrected chi connectivity index (χ1v) is 8.25. The summed E-state index contributed by atoms with van der Waals surface area (Å²) in [5.41, 5.74) is 7.29. The monoisotopic (exact) mass is 378 g/mol. The summed E-state index contributed by atoms with van der Waals surface area (Å²) in [6.07, 6.45) is 1.79. The van der Waals surface area contributed by atoms with Crippen molar-refractivity contribution in [3.8, 4) is 5.69 Å². The Balaban J connectivity index is 2.24. The molecule has 22 heavy (non-hydrogen) atoms. The second-order valence-electron chi connectivity index (χ2n) is 4.87. The van der Waals surface area contributed by atoms with Gasteiger partial charge in [0.05, 0.1) is 6.21 Å². The highest BCUT2D eigenvalue weighted by molar-refractivity contribution is 9.10. The number of aryl methyl sites for hydroxylation is 1. The molecule has 2 aromatic rings. The van der Waals surface area contributed by atoms with Gasteiger partial charge in [0.15, 0.2) is 5.11 Å². The van der Waals surface area contributed by atoms with Crippen LogP contribution in [0.2, 0.25) is 0 Å². The molecule has 0 aliphatic carbocycles. The van der Waals surface area contributed by atoms with Crippen LogP contribution in [-0.4, -0.2) is 22.4 Å². The van der Waals surface area contributed by atoms with E-state index in [1.165, 1.54) is 0 Å². The van der Waals surface area contributed by atoms with Crippen molar-refractivity contribution >= 4 is 39.5 Å². The molecule has 0 amide bonds. The molecule has 6 heteroatoms. The Kier molecular flexibility index (Phi) is 5.74. The first-order valence-electron chi connectivity index (χ1n) is 7.04. The molecule has 2 rings (SSSR count). The highest BCUT2D eigenvalue weighted by Gasteiger charge is 2.09. The summed E-state index contributed by atoms with van der Waals surface area (Å²) in [6.45, 7) is 6.93. The van der Waals surface area contributed by atoms with E-state index >= 15 is 0 Å². The number of halogens is 1. The molecule has 0 spiro atoms. The Hall–Kier alpha value is -1.66. The van der Waals surface area contributed by atoms with Crippen LogP contribution >= 0.6 is 28.1 Å². The van der Waals surface area contributed by atoms with Gasteiger partial charge in [0.2, 0.25) is 0 Å². The van der Waals surface area contributed by atoms with Gasteiger partial charge < -0.3 is 9.88 Å². The van der Waals surface area contributed by atoms with Crippen LogP contribution < -0.4 is 10.7 Å². The normalized spacial score (nSPS) is 10.9. The van der Waals surface area contributed by atoms with Crippen molar-refractivity contribution in [1.82, 2.24) is 15.3 Å².